The van der Waals surface area contributed by atoms with Crippen LogP contribution in [0.3, 0.4) is 0 Å². The minimum atomic E-state index is -0.338. The maximum absolute atomic E-state index is 10.2. The summed E-state index contributed by atoms with van der Waals surface area (Å²) in [6, 6.07) is 0. The van der Waals surface area contributed by atoms with Gasteiger partial charge in [0.15, 0.2) is 0 Å². The molecule has 10 heavy (non-hydrogen) atoms. The van der Waals surface area contributed by atoms with Gasteiger partial charge in [-0.25, -0.2) is 0 Å². The Morgan fingerprint density at radius 2 is 1.90 bits per heavy atom. The molecule has 0 aliphatic carbocycles. The van der Waals surface area contributed by atoms with E-state index in [9.17, 15) is 4.91 Å². The van der Waals surface area contributed by atoms with Gasteiger partial charge in [0, 0.05) is 0 Å². The topological polar surface area (TPSA) is 29.4 Å². The average Bonchev–Trinajstić information content (AvgIpc) is 1.89. The predicted molar refractivity (Wildman–Crippen MR) is 44.0 cm³/mol. The highest BCUT2D eigenvalue weighted by molar-refractivity contribution is 4.75. The quantitative estimate of drug-likeness (QED) is 0.429. The molecule has 0 aromatic carbocycles. The van der Waals surface area contributed by atoms with Gasteiger partial charge in [-0.15, -0.1) is 0 Å². The Morgan fingerprint density at radius 3 is 2.30 bits per heavy atom. The fourth-order valence-electron chi connectivity index (χ4n) is 0.853. The maximum atomic E-state index is 10.2. The molecule has 0 unspecified atom stereocenters. The van der Waals surface area contributed by atoms with Crippen LogP contribution in [0.15, 0.2) is 5.18 Å². The van der Waals surface area contributed by atoms with E-state index in [-0.39, 0.29) is 5.54 Å². The summed E-state index contributed by atoms with van der Waals surface area (Å²) in [7, 11) is 0. The summed E-state index contributed by atoms with van der Waals surface area (Å²) in [5, 5.41) is 3.04. The van der Waals surface area contributed by atoms with Gasteiger partial charge in [-0.1, -0.05) is 31.4 Å². The summed E-state index contributed by atoms with van der Waals surface area (Å²) in [6.45, 7) is 5.92. The van der Waals surface area contributed by atoms with Crippen LogP contribution in [0.2, 0.25) is 0 Å². The monoisotopic (exact) mass is 143 g/mol. The van der Waals surface area contributed by atoms with Gasteiger partial charge in [0.2, 0.25) is 0 Å². The zero-order valence-electron chi connectivity index (χ0n) is 7.18. The molecule has 0 spiro atoms. The van der Waals surface area contributed by atoms with E-state index in [0.717, 1.165) is 12.8 Å². The van der Waals surface area contributed by atoms with Crippen LogP contribution in [0, 0.1) is 4.91 Å². The highest BCUT2D eigenvalue weighted by atomic mass is 16.3. The molecule has 0 N–H and O–H groups in total. The molecule has 0 amide bonds. The molecule has 0 heterocycles. The van der Waals surface area contributed by atoms with Crippen LogP contribution in [0.1, 0.15) is 46.5 Å². The SMILES string of the molecule is CCCCCC(C)(C)N=O. The van der Waals surface area contributed by atoms with Crippen molar-refractivity contribution in [2.45, 2.75) is 52.0 Å². The number of nitrogens with zero attached hydrogens (tertiary/aromatic N) is 1. The maximum Gasteiger partial charge on any atom is 0.0970 e. The largest absolute Gasteiger partial charge is 0.150 e. The van der Waals surface area contributed by atoms with E-state index in [2.05, 4.69) is 12.1 Å². The van der Waals surface area contributed by atoms with Crippen molar-refractivity contribution in [1.82, 2.24) is 0 Å². The molecule has 0 aliphatic rings. The summed E-state index contributed by atoms with van der Waals surface area (Å²) in [5.74, 6) is 0. The van der Waals surface area contributed by atoms with Crippen LogP contribution in [-0.4, -0.2) is 5.54 Å². The lowest BCUT2D eigenvalue weighted by atomic mass is 9.98. The Bertz CT molecular complexity index is 99.4. The second-order valence-corrected chi connectivity index (χ2v) is 3.36. The van der Waals surface area contributed by atoms with Gasteiger partial charge in [0.1, 0.15) is 0 Å². The number of hydrogen-bond donors (Lipinski definition) is 0. The van der Waals surface area contributed by atoms with E-state index >= 15 is 0 Å². The van der Waals surface area contributed by atoms with Gasteiger partial charge in [0.05, 0.1) is 5.54 Å². The van der Waals surface area contributed by atoms with Crippen molar-refractivity contribution in [1.29, 1.82) is 0 Å². The first-order chi connectivity index (χ1) is 4.62. The molecule has 0 rings (SSSR count). The van der Waals surface area contributed by atoms with Crippen LogP contribution in [0.4, 0.5) is 0 Å². The van der Waals surface area contributed by atoms with E-state index in [1.165, 1.54) is 12.8 Å². The van der Waals surface area contributed by atoms with Crippen LogP contribution in [0.5, 0.6) is 0 Å². The zero-order valence-corrected chi connectivity index (χ0v) is 7.18. The predicted octanol–water partition coefficient (Wildman–Crippen LogP) is 3.11. The molecule has 0 aromatic heterocycles. The van der Waals surface area contributed by atoms with Gasteiger partial charge in [-0.05, 0) is 20.3 Å². The molecular weight excluding hydrogens is 126 g/mol. The summed E-state index contributed by atoms with van der Waals surface area (Å²) in [6.07, 6.45) is 4.45. The van der Waals surface area contributed by atoms with Crippen LogP contribution < -0.4 is 0 Å². The molecule has 0 saturated carbocycles. The molecule has 0 atom stereocenters. The van der Waals surface area contributed by atoms with Gasteiger partial charge >= 0.3 is 0 Å². The molecule has 0 saturated heterocycles. The van der Waals surface area contributed by atoms with Crippen molar-refractivity contribution in [2.75, 3.05) is 0 Å². The highest BCUT2D eigenvalue weighted by Gasteiger charge is 2.16. The van der Waals surface area contributed by atoms with Crippen molar-refractivity contribution in [2.24, 2.45) is 5.18 Å². The number of nitroso groups, excluding NO2 is 1. The molecular formula is C8H17NO. The van der Waals surface area contributed by atoms with Crippen molar-refractivity contribution in [3.8, 4) is 0 Å². The summed E-state index contributed by atoms with van der Waals surface area (Å²) >= 11 is 0. The minimum Gasteiger partial charge on any atom is -0.150 e. The number of hydrogen-bond acceptors (Lipinski definition) is 2. The second-order valence-electron chi connectivity index (χ2n) is 3.36. The van der Waals surface area contributed by atoms with Crippen molar-refractivity contribution in [3.63, 3.8) is 0 Å². The van der Waals surface area contributed by atoms with Crippen LogP contribution >= 0.6 is 0 Å². The smallest absolute Gasteiger partial charge is 0.0970 e. The van der Waals surface area contributed by atoms with Gasteiger partial charge in [0.25, 0.3) is 0 Å². The third-order valence-electron chi connectivity index (χ3n) is 1.64. The third-order valence-corrected chi connectivity index (χ3v) is 1.64. The Kier molecular flexibility index (Phi) is 4.24. The third kappa shape index (κ3) is 4.48. The van der Waals surface area contributed by atoms with E-state index in [4.69, 9.17) is 0 Å². The van der Waals surface area contributed by atoms with Crippen molar-refractivity contribution in [3.05, 3.63) is 4.91 Å². The molecule has 0 aromatic rings. The zero-order chi connectivity index (χ0) is 8.04. The highest BCUT2D eigenvalue weighted by Crippen LogP contribution is 2.17. The first kappa shape index (κ1) is 9.60. The minimum absolute atomic E-state index is 0.338. The van der Waals surface area contributed by atoms with Gasteiger partial charge < -0.3 is 0 Å². The first-order valence-electron chi connectivity index (χ1n) is 3.97. The molecule has 0 radical (unpaired) electrons. The van der Waals surface area contributed by atoms with Crippen LogP contribution in [0.25, 0.3) is 0 Å². The van der Waals surface area contributed by atoms with Crippen molar-refractivity contribution < 1.29 is 0 Å². The number of rotatable bonds is 5. The second kappa shape index (κ2) is 4.42. The Morgan fingerprint density at radius 1 is 1.30 bits per heavy atom. The fraction of sp³-hybridized carbons (Fsp3) is 1.00. The normalized spacial score (nSPS) is 11.5. The molecule has 2 heteroatoms. The van der Waals surface area contributed by atoms with E-state index in [1.54, 1.807) is 0 Å². The van der Waals surface area contributed by atoms with Gasteiger partial charge in [-0.3, -0.25) is 0 Å². The lowest BCUT2D eigenvalue weighted by molar-refractivity contribution is 0.448. The van der Waals surface area contributed by atoms with Gasteiger partial charge in [-0.2, -0.15) is 4.91 Å². The lowest BCUT2D eigenvalue weighted by Gasteiger charge is -2.13. The first-order valence-corrected chi connectivity index (χ1v) is 3.97. The van der Waals surface area contributed by atoms with Crippen LogP contribution in [-0.2, 0) is 0 Å². The molecule has 60 valence electrons. The Labute approximate surface area is 63.0 Å². The Hall–Kier alpha value is -0.400. The summed E-state index contributed by atoms with van der Waals surface area (Å²) in [5.41, 5.74) is -0.338. The lowest BCUT2D eigenvalue weighted by Crippen LogP contribution is -2.14. The molecule has 2 nitrogen and oxygen atoms in total. The Balaban J connectivity index is 3.37. The summed E-state index contributed by atoms with van der Waals surface area (Å²) < 4.78 is 0. The van der Waals surface area contributed by atoms with Crippen molar-refractivity contribution >= 4 is 0 Å². The fourth-order valence-corrected chi connectivity index (χ4v) is 0.853. The van der Waals surface area contributed by atoms with E-state index < -0.39 is 0 Å². The van der Waals surface area contributed by atoms with E-state index in [1.807, 2.05) is 13.8 Å². The molecule has 0 aliphatic heterocycles. The average molecular weight is 143 g/mol. The van der Waals surface area contributed by atoms with E-state index in [0.29, 0.717) is 0 Å². The number of unbranched alkanes of at least 4 members (excludes halogenated alkanes) is 2. The molecule has 0 fully saturated rings. The molecule has 0 bridgehead atoms. The standard InChI is InChI=1S/C8H17NO/c1-4-5-6-7-8(2,3)9-10/h4-7H2,1-3H3. The summed E-state index contributed by atoms with van der Waals surface area (Å²) in [4.78, 5) is 10.2.